The molecule has 25 heavy (non-hydrogen) atoms. The summed E-state index contributed by atoms with van der Waals surface area (Å²) in [6.07, 6.45) is 12.0. The lowest BCUT2D eigenvalue weighted by molar-refractivity contribution is 0.104. The number of nitrogens with zero attached hydrogens (tertiary/aromatic N) is 2. The SMILES string of the molecule is CCCCCC(=C/c1ccccc1)/C=C/C(=O)c1cnn(CC)c1C. The van der Waals surface area contributed by atoms with E-state index < -0.39 is 0 Å². The van der Waals surface area contributed by atoms with Crippen LogP contribution in [0.1, 0.15) is 61.1 Å². The molecule has 0 spiro atoms. The monoisotopic (exact) mass is 336 g/mol. The molecule has 132 valence electrons. The van der Waals surface area contributed by atoms with Gasteiger partial charge in [-0.15, -0.1) is 0 Å². The van der Waals surface area contributed by atoms with E-state index in [-0.39, 0.29) is 5.78 Å². The first-order valence-corrected chi connectivity index (χ1v) is 9.16. The Bertz CT molecular complexity index is 739. The maximum absolute atomic E-state index is 12.5. The number of carbonyl (C=O) groups is 1. The van der Waals surface area contributed by atoms with Gasteiger partial charge < -0.3 is 0 Å². The van der Waals surface area contributed by atoms with E-state index in [1.165, 1.54) is 24.0 Å². The quantitative estimate of drug-likeness (QED) is 0.258. The van der Waals surface area contributed by atoms with E-state index in [0.717, 1.165) is 25.1 Å². The largest absolute Gasteiger partial charge is 0.289 e. The van der Waals surface area contributed by atoms with Crippen molar-refractivity contribution in [2.75, 3.05) is 0 Å². The highest BCUT2D eigenvalue weighted by molar-refractivity contribution is 6.05. The lowest BCUT2D eigenvalue weighted by atomic mass is 10.0. The third-order valence-electron chi connectivity index (χ3n) is 4.34. The summed E-state index contributed by atoms with van der Waals surface area (Å²) in [5.41, 5.74) is 3.97. The van der Waals surface area contributed by atoms with Crippen molar-refractivity contribution in [3.8, 4) is 0 Å². The van der Waals surface area contributed by atoms with Crippen LogP contribution in [0.5, 0.6) is 0 Å². The molecule has 0 radical (unpaired) electrons. The summed E-state index contributed by atoms with van der Waals surface area (Å²) in [7, 11) is 0. The molecule has 0 saturated carbocycles. The third kappa shape index (κ3) is 5.56. The smallest absolute Gasteiger partial charge is 0.189 e. The molecule has 3 heteroatoms. The van der Waals surface area contributed by atoms with Gasteiger partial charge in [0, 0.05) is 12.2 Å². The Morgan fingerprint density at radius 2 is 1.88 bits per heavy atom. The van der Waals surface area contributed by atoms with Crippen LogP contribution in [0.15, 0.2) is 54.3 Å². The summed E-state index contributed by atoms with van der Waals surface area (Å²) in [5, 5.41) is 4.26. The van der Waals surface area contributed by atoms with Crippen LogP contribution < -0.4 is 0 Å². The zero-order valence-corrected chi connectivity index (χ0v) is 15.5. The molecule has 0 unspecified atom stereocenters. The average molecular weight is 336 g/mol. The van der Waals surface area contributed by atoms with Crippen molar-refractivity contribution < 1.29 is 4.79 Å². The van der Waals surface area contributed by atoms with Gasteiger partial charge in [-0.1, -0.05) is 62.2 Å². The summed E-state index contributed by atoms with van der Waals surface area (Å²) < 4.78 is 1.85. The Hall–Kier alpha value is -2.42. The Kier molecular flexibility index (Phi) is 7.39. The molecule has 0 bridgehead atoms. The number of rotatable bonds is 9. The molecule has 0 saturated heterocycles. The minimum atomic E-state index is 0.0200. The highest BCUT2D eigenvalue weighted by atomic mass is 16.1. The van der Waals surface area contributed by atoms with E-state index in [9.17, 15) is 4.79 Å². The molecule has 0 amide bonds. The van der Waals surface area contributed by atoms with Crippen molar-refractivity contribution in [3.63, 3.8) is 0 Å². The van der Waals surface area contributed by atoms with Crippen molar-refractivity contribution in [1.29, 1.82) is 0 Å². The maximum Gasteiger partial charge on any atom is 0.189 e. The Balaban J connectivity index is 2.16. The van der Waals surface area contributed by atoms with Gasteiger partial charge in [0.15, 0.2) is 5.78 Å². The lowest BCUT2D eigenvalue weighted by Crippen LogP contribution is -2.01. The Morgan fingerprint density at radius 1 is 1.12 bits per heavy atom. The molecule has 1 aromatic heterocycles. The summed E-state index contributed by atoms with van der Waals surface area (Å²) in [6.45, 7) is 6.95. The third-order valence-corrected chi connectivity index (χ3v) is 4.34. The second kappa shape index (κ2) is 9.77. The molecular formula is C22H28N2O. The number of ketones is 1. The minimum absolute atomic E-state index is 0.0200. The first kappa shape index (κ1) is 18.9. The topological polar surface area (TPSA) is 34.9 Å². The van der Waals surface area contributed by atoms with Crippen molar-refractivity contribution in [3.05, 3.63) is 71.1 Å². The van der Waals surface area contributed by atoms with Crippen LogP contribution in [0.3, 0.4) is 0 Å². The van der Waals surface area contributed by atoms with Gasteiger partial charge in [0.2, 0.25) is 0 Å². The Morgan fingerprint density at radius 3 is 2.52 bits per heavy atom. The number of aromatic nitrogens is 2. The number of hydrogen-bond donors (Lipinski definition) is 0. The van der Waals surface area contributed by atoms with Gasteiger partial charge in [0.1, 0.15) is 0 Å². The van der Waals surface area contributed by atoms with Crippen LogP contribution in [0.25, 0.3) is 6.08 Å². The van der Waals surface area contributed by atoms with Gasteiger partial charge in [0.05, 0.1) is 11.8 Å². The van der Waals surface area contributed by atoms with E-state index in [4.69, 9.17) is 0 Å². The van der Waals surface area contributed by atoms with E-state index in [1.54, 1.807) is 12.3 Å². The number of allylic oxidation sites excluding steroid dienone is 3. The second-order valence-corrected chi connectivity index (χ2v) is 6.24. The first-order chi connectivity index (χ1) is 12.2. The van der Waals surface area contributed by atoms with E-state index >= 15 is 0 Å². The zero-order chi connectivity index (χ0) is 18.1. The van der Waals surface area contributed by atoms with Crippen LogP contribution in [0.4, 0.5) is 0 Å². The molecule has 0 aliphatic heterocycles. The van der Waals surface area contributed by atoms with Crippen LogP contribution >= 0.6 is 0 Å². The molecule has 1 aromatic carbocycles. The second-order valence-electron chi connectivity index (χ2n) is 6.24. The van der Waals surface area contributed by atoms with Crippen molar-refractivity contribution >= 4 is 11.9 Å². The predicted molar refractivity (Wildman–Crippen MR) is 105 cm³/mol. The van der Waals surface area contributed by atoms with Crippen molar-refractivity contribution in [1.82, 2.24) is 9.78 Å². The molecule has 0 atom stereocenters. The molecule has 2 aromatic rings. The summed E-state index contributed by atoms with van der Waals surface area (Å²) >= 11 is 0. The molecule has 0 fully saturated rings. The van der Waals surface area contributed by atoms with Gasteiger partial charge in [-0.25, -0.2) is 0 Å². The van der Waals surface area contributed by atoms with E-state index in [1.807, 2.05) is 42.8 Å². The summed E-state index contributed by atoms with van der Waals surface area (Å²) in [4.78, 5) is 12.5. The van der Waals surface area contributed by atoms with E-state index in [2.05, 4.69) is 30.2 Å². The van der Waals surface area contributed by atoms with Gasteiger partial charge >= 0.3 is 0 Å². The van der Waals surface area contributed by atoms with Crippen molar-refractivity contribution in [2.45, 2.75) is 53.0 Å². The fourth-order valence-electron chi connectivity index (χ4n) is 2.83. The molecular weight excluding hydrogens is 308 g/mol. The highest BCUT2D eigenvalue weighted by Crippen LogP contribution is 2.16. The van der Waals surface area contributed by atoms with Gasteiger partial charge in [-0.3, -0.25) is 9.48 Å². The normalized spacial score (nSPS) is 12.0. The molecule has 0 N–H and O–H groups in total. The summed E-state index contributed by atoms with van der Waals surface area (Å²) in [6, 6.07) is 10.3. The van der Waals surface area contributed by atoms with E-state index in [0.29, 0.717) is 5.56 Å². The molecule has 3 nitrogen and oxygen atoms in total. The predicted octanol–water partition coefficient (Wildman–Crippen LogP) is 5.61. The maximum atomic E-state index is 12.5. The molecule has 1 heterocycles. The average Bonchev–Trinajstić information content (AvgIpc) is 3.01. The van der Waals surface area contributed by atoms with Crippen LogP contribution in [-0.4, -0.2) is 15.6 Å². The fourth-order valence-corrected chi connectivity index (χ4v) is 2.83. The van der Waals surface area contributed by atoms with Crippen molar-refractivity contribution in [2.24, 2.45) is 0 Å². The number of hydrogen-bond acceptors (Lipinski definition) is 2. The number of aryl methyl sites for hydroxylation is 1. The molecule has 0 aliphatic rings. The number of carbonyl (C=O) groups excluding carboxylic acids is 1. The number of unbranched alkanes of at least 4 members (excludes halogenated alkanes) is 2. The molecule has 0 aliphatic carbocycles. The first-order valence-electron chi connectivity index (χ1n) is 9.16. The summed E-state index contributed by atoms with van der Waals surface area (Å²) in [5.74, 6) is 0.0200. The van der Waals surface area contributed by atoms with Crippen LogP contribution in [0.2, 0.25) is 0 Å². The zero-order valence-electron chi connectivity index (χ0n) is 15.5. The van der Waals surface area contributed by atoms with Crippen LogP contribution in [0, 0.1) is 6.92 Å². The Labute approximate surface area is 151 Å². The molecule has 2 rings (SSSR count). The van der Waals surface area contributed by atoms with Gasteiger partial charge in [-0.05, 0) is 43.9 Å². The lowest BCUT2D eigenvalue weighted by Gasteiger charge is -2.03. The standard InChI is InChI=1S/C22H28N2O/c1-4-6-8-11-20(16-19-12-9-7-10-13-19)14-15-22(25)21-17-23-24(5-2)18(21)3/h7,9-10,12-17H,4-6,8,11H2,1-3H3/b15-14+,20-16-. The fraction of sp³-hybridized carbons (Fsp3) is 0.364. The van der Waals surface area contributed by atoms with Gasteiger partial charge in [0.25, 0.3) is 0 Å². The highest BCUT2D eigenvalue weighted by Gasteiger charge is 2.10. The van der Waals surface area contributed by atoms with Gasteiger partial charge in [-0.2, -0.15) is 5.10 Å². The van der Waals surface area contributed by atoms with Crippen LogP contribution in [-0.2, 0) is 6.54 Å². The number of benzene rings is 1. The minimum Gasteiger partial charge on any atom is -0.289 e.